The van der Waals surface area contributed by atoms with Gasteiger partial charge in [-0.1, -0.05) is 65.7 Å². The summed E-state index contributed by atoms with van der Waals surface area (Å²) in [5.41, 5.74) is 1.77. The van der Waals surface area contributed by atoms with Crippen LogP contribution in [0.25, 0.3) is 0 Å². The standard InChI is InChI=1S/C18H17N3O4/c22-16-13-20(12-15-9-5-2-6-10-15)18(24)21(16)25-17(23)19-11-14-7-3-1-4-8-14/h1-10H,11-13H2,(H,19,23). The van der Waals surface area contributed by atoms with Crippen LogP contribution in [0, 0.1) is 0 Å². The molecule has 2 aromatic carbocycles. The fraction of sp³-hybridized carbons (Fsp3) is 0.167. The van der Waals surface area contributed by atoms with Crippen LogP contribution in [0.1, 0.15) is 11.1 Å². The van der Waals surface area contributed by atoms with Gasteiger partial charge in [0.05, 0.1) is 0 Å². The third-order valence-electron chi connectivity index (χ3n) is 3.67. The summed E-state index contributed by atoms with van der Waals surface area (Å²) in [7, 11) is 0. The molecule has 0 aromatic heterocycles. The molecule has 25 heavy (non-hydrogen) atoms. The van der Waals surface area contributed by atoms with Crippen LogP contribution in [0.2, 0.25) is 0 Å². The number of carbonyl (C=O) groups excluding carboxylic acids is 3. The number of hydrogen-bond donors (Lipinski definition) is 1. The van der Waals surface area contributed by atoms with Gasteiger partial charge in [-0.3, -0.25) is 4.79 Å². The van der Waals surface area contributed by atoms with E-state index in [0.29, 0.717) is 5.06 Å². The molecule has 128 valence electrons. The molecule has 0 aliphatic carbocycles. The average Bonchev–Trinajstić information content (AvgIpc) is 2.89. The van der Waals surface area contributed by atoms with Crippen LogP contribution in [0.15, 0.2) is 60.7 Å². The maximum Gasteiger partial charge on any atom is 0.432 e. The molecule has 0 unspecified atom stereocenters. The van der Waals surface area contributed by atoms with Gasteiger partial charge in [-0.25, -0.2) is 9.59 Å². The maximum absolute atomic E-state index is 12.3. The number of carbonyl (C=O) groups is 3. The van der Waals surface area contributed by atoms with E-state index in [9.17, 15) is 14.4 Å². The lowest BCUT2D eigenvalue weighted by Crippen LogP contribution is -2.38. The molecule has 2 aromatic rings. The predicted molar refractivity (Wildman–Crippen MR) is 88.9 cm³/mol. The molecule has 0 spiro atoms. The Kier molecular flexibility index (Phi) is 4.94. The second-order valence-electron chi connectivity index (χ2n) is 5.53. The molecule has 0 radical (unpaired) electrons. The molecule has 3 rings (SSSR count). The summed E-state index contributed by atoms with van der Waals surface area (Å²) >= 11 is 0. The van der Waals surface area contributed by atoms with E-state index in [2.05, 4.69) is 5.32 Å². The molecule has 1 fully saturated rings. The highest BCUT2D eigenvalue weighted by Gasteiger charge is 2.39. The van der Waals surface area contributed by atoms with Crippen LogP contribution >= 0.6 is 0 Å². The van der Waals surface area contributed by atoms with Gasteiger partial charge in [0.25, 0.3) is 5.91 Å². The van der Waals surface area contributed by atoms with E-state index in [1.165, 1.54) is 4.90 Å². The van der Waals surface area contributed by atoms with E-state index in [4.69, 9.17) is 4.84 Å². The minimum atomic E-state index is -0.855. The number of nitrogens with zero attached hydrogens (tertiary/aromatic N) is 2. The first kappa shape index (κ1) is 16.5. The quantitative estimate of drug-likeness (QED) is 0.848. The zero-order valence-electron chi connectivity index (χ0n) is 13.4. The summed E-state index contributed by atoms with van der Waals surface area (Å²) in [5, 5.41) is 3.01. The number of amides is 4. The summed E-state index contributed by atoms with van der Waals surface area (Å²) in [6.07, 6.45) is -0.855. The van der Waals surface area contributed by atoms with Crippen molar-refractivity contribution in [3.8, 4) is 0 Å². The van der Waals surface area contributed by atoms with E-state index in [-0.39, 0.29) is 19.6 Å². The van der Waals surface area contributed by atoms with Crippen LogP contribution in [-0.4, -0.2) is 34.5 Å². The Bertz CT molecular complexity index is 764. The smallest absolute Gasteiger partial charge is 0.316 e. The van der Waals surface area contributed by atoms with Gasteiger partial charge in [0.1, 0.15) is 6.54 Å². The zero-order chi connectivity index (χ0) is 17.6. The number of urea groups is 1. The fourth-order valence-corrected chi connectivity index (χ4v) is 2.43. The van der Waals surface area contributed by atoms with Gasteiger partial charge >= 0.3 is 12.1 Å². The summed E-state index contributed by atoms with van der Waals surface area (Å²) in [6.45, 7) is 0.389. The van der Waals surface area contributed by atoms with Crippen LogP contribution in [0.5, 0.6) is 0 Å². The third kappa shape index (κ3) is 4.14. The topological polar surface area (TPSA) is 79.0 Å². The second kappa shape index (κ2) is 7.48. The monoisotopic (exact) mass is 339 g/mol. The highest BCUT2D eigenvalue weighted by molar-refractivity contribution is 6.01. The van der Waals surface area contributed by atoms with Crippen LogP contribution in [0.4, 0.5) is 9.59 Å². The predicted octanol–water partition coefficient (Wildman–Crippen LogP) is 2.29. The van der Waals surface area contributed by atoms with E-state index in [0.717, 1.165) is 11.1 Å². The van der Waals surface area contributed by atoms with Gasteiger partial charge < -0.3 is 15.1 Å². The van der Waals surface area contributed by atoms with Gasteiger partial charge in [0.15, 0.2) is 0 Å². The Labute approximate surface area is 144 Å². The van der Waals surface area contributed by atoms with Crippen molar-refractivity contribution in [1.82, 2.24) is 15.3 Å². The zero-order valence-corrected chi connectivity index (χ0v) is 13.4. The summed E-state index contributed by atoms with van der Waals surface area (Å²) in [4.78, 5) is 42.2. The minimum absolute atomic E-state index is 0.125. The molecular weight excluding hydrogens is 322 g/mol. The Hall–Kier alpha value is -3.35. The van der Waals surface area contributed by atoms with Crippen molar-refractivity contribution in [2.24, 2.45) is 0 Å². The molecule has 0 atom stereocenters. The fourth-order valence-electron chi connectivity index (χ4n) is 2.43. The molecular formula is C18H17N3O4. The van der Waals surface area contributed by atoms with Crippen LogP contribution in [-0.2, 0) is 22.7 Å². The highest BCUT2D eigenvalue weighted by atomic mass is 16.7. The van der Waals surface area contributed by atoms with Crippen molar-refractivity contribution >= 4 is 18.0 Å². The van der Waals surface area contributed by atoms with Gasteiger partial charge in [-0.2, -0.15) is 0 Å². The summed E-state index contributed by atoms with van der Waals surface area (Å²) in [5.74, 6) is -0.573. The molecule has 0 bridgehead atoms. The van der Waals surface area contributed by atoms with Gasteiger partial charge in [-0.05, 0) is 11.1 Å². The van der Waals surface area contributed by atoms with Crippen LogP contribution in [0.3, 0.4) is 0 Å². The van der Waals surface area contributed by atoms with E-state index < -0.39 is 18.0 Å². The van der Waals surface area contributed by atoms with Crippen molar-refractivity contribution in [1.29, 1.82) is 0 Å². The Morgan fingerprint density at radius 3 is 2.20 bits per heavy atom. The number of imide groups is 1. The lowest BCUT2D eigenvalue weighted by atomic mass is 10.2. The average molecular weight is 339 g/mol. The molecule has 4 amide bonds. The van der Waals surface area contributed by atoms with Crippen molar-refractivity contribution in [2.45, 2.75) is 13.1 Å². The lowest BCUT2D eigenvalue weighted by molar-refractivity contribution is -0.147. The summed E-state index contributed by atoms with van der Waals surface area (Å²) in [6, 6.07) is 17.9. The Balaban J connectivity index is 1.54. The van der Waals surface area contributed by atoms with Crippen LogP contribution < -0.4 is 5.32 Å². The van der Waals surface area contributed by atoms with Gasteiger partial charge in [0, 0.05) is 13.1 Å². The first-order chi connectivity index (χ1) is 12.1. The minimum Gasteiger partial charge on any atom is -0.316 e. The Morgan fingerprint density at radius 2 is 1.56 bits per heavy atom. The van der Waals surface area contributed by atoms with E-state index >= 15 is 0 Å². The largest absolute Gasteiger partial charge is 0.432 e. The van der Waals surface area contributed by atoms with E-state index in [1.807, 2.05) is 60.7 Å². The number of rotatable bonds is 5. The maximum atomic E-state index is 12.3. The molecule has 7 heteroatoms. The number of nitrogens with one attached hydrogen (secondary N) is 1. The van der Waals surface area contributed by atoms with E-state index in [1.54, 1.807) is 0 Å². The number of hydroxylamine groups is 2. The first-order valence-electron chi connectivity index (χ1n) is 7.79. The normalized spacial score (nSPS) is 13.9. The van der Waals surface area contributed by atoms with Crippen molar-refractivity contribution in [3.63, 3.8) is 0 Å². The molecule has 1 N–H and O–H groups in total. The Morgan fingerprint density at radius 1 is 0.960 bits per heavy atom. The third-order valence-corrected chi connectivity index (χ3v) is 3.67. The van der Waals surface area contributed by atoms with Crippen molar-refractivity contribution in [3.05, 3.63) is 71.8 Å². The lowest BCUT2D eigenvalue weighted by Gasteiger charge is -2.16. The SMILES string of the molecule is O=C(NCc1ccccc1)ON1C(=O)CN(Cc2ccccc2)C1=O. The highest BCUT2D eigenvalue weighted by Crippen LogP contribution is 2.15. The molecule has 1 saturated heterocycles. The molecule has 1 aliphatic rings. The van der Waals surface area contributed by atoms with Crippen molar-refractivity contribution < 1.29 is 19.2 Å². The molecule has 7 nitrogen and oxygen atoms in total. The van der Waals surface area contributed by atoms with Gasteiger partial charge in [0.2, 0.25) is 0 Å². The number of hydrogen-bond acceptors (Lipinski definition) is 4. The van der Waals surface area contributed by atoms with Crippen molar-refractivity contribution in [2.75, 3.05) is 6.54 Å². The molecule has 1 heterocycles. The summed E-state index contributed by atoms with van der Waals surface area (Å²) < 4.78 is 0. The van der Waals surface area contributed by atoms with Gasteiger partial charge in [-0.15, -0.1) is 0 Å². The molecule has 1 aliphatic heterocycles. The number of benzene rings is 2. The molecule has 0 saturated carbocycles. The second-order valence-corrected chi connectivity index (χ2v) is 5.53. The first-order valence-corrected chi connectivity index (χ1v) is 7.79.